The van der Waals surface area contributed by atoms with Gasteiger partial charge in [0.2, 0.25) is 0 Å². The lowest BCUT2D eigenvalue weighted by Gasteiger charge is -2.21. The van der Waals surface area contributed by atoms with Gasteiger partial charge in [0, 0.05) is 36.5 Å². The number of ether oxygens (including phenoxy) is 1. The summed E-state index contributed by atoms with van der Waals surface area (Å²) < 4.78 is 4.56. The van der Waals surface area contributed by atoms with Crippen LogP contribution in [-0.2, 0) is 11.3 Å². The van der Waals surface area contributed by atoms with Crippen molar-refractivity contribution in [1.82, 2.24) is 5.32 Å². The van der Waals surface area contributed by atoms with Crippen molar-refractivity contribution in [3.05, 3.63) is 33.9 Å². The molecule has 1 heterocycles. The topological polar surface area (TPSA) is 105 Å². The molecule has 1 aromatic carbocycles. The minimum Gasteiger partial charge on any atom is -0.453 e. The molecule has 2 rings (SSSR count). The minimum absolute atomic E-state index is 0.0424. The lowest BCUT2D eigenvalue weighted by molar-refractivity contribution is -0.384. The normalized spacial score (nSPS) is 17.6. The Kier molecular flexibility index (Phi) is 4.59. The molecular formula is C13H17N3O5. The molecule has 1 atom stereocenters. The number of nitrogens with zero attached hydrogens (tertiary/aromatic N) is 2. The summed E-state index contributed by atoms with van der Waals surface area (Å²) in [6.45, 7) is 0.988. The number of hydrogen-bond donors (Lipinski definition) is 2. The molecule has 8 heteroatoms. The number of alkyl carbamates (subject to hydrolysis) is 1. The van der Waals surface area contributed by atoms with E-state index in [0.717, 1.165) is 12.1 Å². The van der Waals surface area contributed by atoms with Gasteiger partial charge in [0.15, 0.2) is 0 Å². The van der Waals surface area contributed by atoms with Crippen LogP contribution in [0.25, 0.3) is 0 Å². The molecule has 21 heavy (non-hydrogen) atoms. The second-order valence-corrected chi connectivity index (χ2v) is 4.80. The Hall–Kier alpha value is -2.35. The first-order chi connectivity index (χ1) is 10.0. The van der Waals surface area contributed by atoms with E-state index in [-0.39, 0.29) is 18.3 Å². The molecule has 2 N–H and O–H groups in total. The van der Waals surface area contributed by atoms with Crippen LogP contribution in [0, 0.1) is 10.1 Å². The molecule has 1 fully saturated rings. The highest BCUT2D eigenvalue weighted by Crippen LogP contribution is 2.28. The number of hydrogen-bond acceptors (Lipinski definition) is 6. The van der Waals surface area contributed by atoms with Gasteiger partial charge in [-0.25, -0.2) is 4.79 Å². The number of carbonyl (C=O) groups excluding carboxylic acids is 1. The number of non-ortho nitro benzene ring substituents is 1. The highest BCUT2D eigenvalue weighted by molar-refractivity contribution is 5.68. The van der Waals surface area contributed by atoms with E-state index in [1.165, 1.54) is 19.2 Å². The van der Waals surface area contributed by atoms with Crippen molar-refractivity contribution in [3.63, 3.8) is 0 Å². The van der Waals surface area contributed by atoms with Gasteiger partial charge < -0.3 is 20.1 Å². The first kappa shape index (κ1) is 15.0. The van der Waals surface area contributed by atoms with Gasteiger partial charge in [-0.3, -0.25) is 10.1 Å². The summed E-state index contributed by atoms with van der Waals surface area (Å²) in [5.41, 5.74) is 1.20. The molecule has 0 aromatic heterocycles. The molecule has 0 saturated carbocycles. The molecule has 0 bridgehead atoms. The fraction of sp³-hybridized carbons (Fsp3) is 0.462. The third-order valence-corrected chi connectivity index (χ3v) is 3.48. The van der Waals surface area contributed by atoms with Crippen LogP contribution in [0.4, 0.5) is 16.2 Å². The molecule has 114 valence electrons. The summed E-state index contributed by atoms with van der Waals surface area (Å²) in [4.78, 5) is 23.4. The maximum absolute atomic E-state index is 11.2. The van der Waals surface area contributed by atoms with E-state index < -0.39 is 11.0 Å². The third kappa shape index (κ3) is 3.40. The average molecular weight is 295 g/mol. The first-order valence-electron chi connectivity index (χ1n) is 6.52. The van der Waals surface area contributed by atoms with Crippen LogP contribution in [0.5, 0.6) is 0 Å². The van der Waals surface area contributed by atoms with Crippen LogP contribution in [0.3, 0.4) is 0 Å². The van der Waals surface area contributed by atoms with Gasteiger partial charge in [-0.1, -0.05) is 0 Å². The average Bonchev–Trinajstić information content (AvgIpc) is 2.94. The number of nitro benzene ring substituents is 1. The third-order valence-electron chi connectivity index (χ3n) is 3.48. The van der Waals surface area contributed by atoms with Crippen molar-refractivity contribution < 1.29 is 19.6 Å². The highest BCUT2D eigenvalue weighted by Gasteiger charge is 2.26. The van der Waals surface area contributed by atoms with E-state index in [1.54, 1.807) is 6.07 Å². The van der Waals surface area contributed by atoms with Crippen molar-refractivity contribution in [2.24, 2.45) is 0 Å². The summed E-state index contributed by atoms with van der Waals surface area (Å²) in [5.74, 6) is 0. The molecule has 1 amide bonds. The van der Waals surface area contributed by atoms with Crippen LogP contribution in [0.1, 0.15) is 12.0 Å². The SMILES string of the molecule is COC(=O)NC1CCN(c2ccc([N+](=O)[O-])cc2CO)C1. The Labute approximate surface area is 121 Å². The predicted molar refractivity (Wildman–Crippen MR) is 75.2 cm³/mol. The van der Waals surface area contributed by atoms with Crippen LogP contribution in [0.15, 0.2) is 18.2 Å². The van der Waals surface area contributed by atoms with Crippen LogP contribution < -0.4 is 10.2 Å². The smallest absolute Gasteiger partial charge is 0.407 e. The number of rotatable bonds is 4. The molecule has 1 aromatic rings. The second kappa shape index (κ2) is 6.40. The number of nitrogens with one attached hydrogen (secondary N) is 1. The summed E-state index contributed by atoms with van der Waals surface area (Å²) in [7, 11) is 1.31. The van der Waals surface area contributed by atoms with Gasteiger partial charge in [-0.2, -0.15) is 0 Å². The van der Waals surface area contributed by atoms with E-state index in [9.17, 15) is 20.0 Å². The summed E-state index contributed by atoms with van der Waals surface area (Å²) in [6, 6.07) is 4.37. The number of nitro groups is 1. The highest BCUT2D eigenvalue weighted by atomic mass is 16.6. The van der Waals surface area contributed by atoms with Crippen LogP contribution in [0.2, 0.25) is 0 Å². The zero-order valence-electron chi connectivity index (χ0n) is 11.6. The first-order valence-corrected chi connectivity index (χ1v) is 6.52. The molecule has 0 radical (unpaired) electrons. The number of anilines is 1. The van der Waals surface area contributed by atoms with Gasteiger partial charge >= 0.3 is 6.09 Å². The number of benzene rings is 1. The van der Waals surface area contributed by atoms with Crippen molar-refractivity contribution in [2.75, 3.05) is 25.1 Å². The standard InChI is InChI=1S/C13H17N3O5/c1-21-13(18)14-10-4-5-15(7-10)12-3-2-11(16(19)20)6-9(12)8-17/h2-3,6,10,17H,4-5,7-8H2,1H3,(H,14,18). The van der Waals surface area contributed by atoms with Gasteiger partial charge in [-0.15, -0.1) is 0 Å². The number of carbonyl (C=O) groups is 1. The van der Waals surface area contributed by atoms with Crippen molar-refractivity contribution in [3.8, 4) is 0 Å². The maximum Gasteiger partial charge on any atom is 0.407 e. The fourth-order valence-electron chi connectivity index (χ4n) is 2.44. The Balaban J connectivity index is 2.12. The predicted octanol–water partition coefficient (Wildman–Crippen LogP) is 1.02. The van der Waals surface area contributed by atoms with Crippen LogP contribution >= 0.6 is 0 Å². The minimum atomic E-state index is -0.492. The lowest BCUT2D eigenvalue weighted by Crippen LogP contribution is -2.37. The molecular weight excluding hydrogens is 278 g/mol. The molecule has 1 unspecified atom stereocenters. The van der Waals surface area contributed by atoms with E-state index >= 15 is 0 Å². The second-order valence-electron chi connectivity index (χ2n) is 4.80. The number of methoxy groups -OCH3 is 1. The Bertz CT molecular complexity index is 549. The summed E-state index contributed by atoms with van der Waals surface area (Å²) in [6.07, 6.45) is 0.268. The quantitative estimate of drug-likeness (QED) is 0.634. The van der Waals surface area contributed by atoms with E-state index in [0.29, 0.717) is 18.7 Å². The molecule has 0 spiro atoms. The zero-order valence-corrected chi connectivity index (χ0v) is 11.6. The van der Waals surface area contributed by atoms with Gasteiger partial charge in [0.25, 0.3) is 5.69 Å². The Morgan fingerprint density at radius 1 is 1.62 bits per heavy atom. The molecule has 1 aliphatic heterocycles. The van der Waals surface area contributed by atoms with Crippen molar-refractivity contribution in [2.45, 2.75) is 19.1 Å². The number of amides is 1. The molecule has 0 aliphatic carbocycles. The van der Waals surface area contributed by atoms with Gasteiger partial charge in [0.05, 0.1) is 24.7 Å². The molecule has 8 nitrogen and oxygen atoms in total. The largest absolute Gasteiger partial charge is 0.453 e. The monoisotopic (exact) mass is 295 g/mol. The van der Waals surface area contributed by atoms with E-state index in [2.05, 4.69) is 10.1 Å². The molecule has 1 aliphatic rings. The van der Waals surface area contributed by atoms with Gasteiger partial charge in [-0.05, 0) is 12.5 Å². The van der Waals surface area contributed by atoms with E-state index in [4.69, 9.17) is 0 Å². The number of aliphatic hydroxyl groups is 1. The Morgan fingerprint density at radius 2 is 2.38 bits per heavy atom. The molecule has 1 saturated heterocycles. The van der Waals surface area contributed by atoms with Crippen molar-refractivity contribution in [1.29, 1.82) is 0 Å². The van der Waals surface area contributed by atoms with Crippen LogP contribution in [-0.4, -0.2) is 42.4 Å². The van der Waals surface area contributed by atoms with Gasteiger partial charge in [0.1, 0.15) is 0 Å². The number of aliphatic hydroxyl groups excluding tert-OH is 1. The van der Waals surface area contributed by atoms with Crippen molar-refractivity contribution >= 4 is 17.5 Å². The summed E-state index contributed by atoms with van der Waals surface area (Å²) in [5, 5.41) is 22.9. The maximum atomic E-state index is 11.2. The Morgan fingerprint density at radius 3 is 3.00 bits per heavy atom. The van der Waals surface area contributed by atoms with E-state index in [1.807, 2.05) is 4.90 Å². The lowest BCUT2D eigenvalue weighted by atomic mass is 10.1. The fourth-order valence-corrected chi connectivity index (χ4v) is 2.44. The summed E-state index contributed by atoms with van der Waals surface area (Å²) >= 11 is 0. The zero-order chi connectivity index (χ0) is 15.4.